The molecular formula is C20H21N5O. The minimum absolute atomic E-state index is 0.193. The molecule has 0 saturated carbocycles. The number of carbonyl (C=O) groups excluding carboxylic acids is 1. The van der Waals surface area contributed by atoms with Crippen LogP contribution in [0.15, 0.2) is 36.8 Å². The summed E-state index contributed by atoms with van der Waals surface area (Å²) in [7, 11) is 1.88. The number of ketones is 1. The van der Waals surface area contributed by atoms with E-state index in [0.717, 1.165) is 48.7 Å². The van der Waals surface area contributed by atoms with Gasteiger partial charge < -0.3 is 4.90 Å². The average Bonchev–Trinajstić information content (AvgIpc) is 3.26. The number of anilines is 1. The van der Waals surface area contributed by atoms with Crippen LogP contribution in [0.25, 0.3) is 5.65 Å². The van der Waals surface area contributed by atoms with Crippen molar-refractivity contribution < 1.29 is 4.79 Å². The lowest BCUT2D eigenvalue weighted by Gasteiger charge is -2.33. The molecule has 6 heteroatoms. The second-order valence-electron chi connectivity index (χ2n) is 6.75. The first kappa shape index (κ1) is 16.4. The third-order valence-corrected chi connectivity index (χ3v) is 4.94. The molecule has 6 nitrogen and oxygen atoms in total. The summed E-state index contributed by atoms with van der Waals surface area (Å²) >= 11 is 0. The summed E-state index contributed by atoms with van der Waals surface area (Å²) in [6.07, 6.45) is 7.26. The van der Waals surface area contributed by atoms with Crippen molar-refractivity contribution in [1.29, 1.82) is 0 Å². The number of rotatable bonds is 2. The predicted octanol–water partition coefficient (Wildman–Crippen LogP) is 2.27. The maximum absolute atomic E-state index is 11.6. The van der Waals surface area contributed by atoms with Crippen LogP contribution < -0.4 is 4.90 Å². The molecular weight excluding hydrogens is 326 g/mol. The third-order valence-electron chi connectivity index (χ3n) is 4.94. The fraction of sp³-hybridized carbons (Fsp3) is 0.350. The number of pyridine rings is 1. The first-order chi connectivity index (χ1) is 12.6. The largest absolute Gasteiger partial charge is 0.358 e. The van der Waals surface area contributed by atoms with Gasteiger partial charge in [-0.25, -0.2) is 4.98 Å². The second kappa shape index (κ2) is 6.68. The Morgan fingerprint density at radius 1 is 1.19 bits per heavy atom. The number of carbonyl (C=O) groups is 1. The minimum Gasteiger partial charge on any atom is -0.358 e. The summed E-state index contributed by atoms with van der Waals surface area (Å²) in [6, 6.07) is 6.10. The van der Waals surface area contributed by atoms with Gasteiger partial charge in [0, 0.05) is 32.3 Å². The van der Waals surface area contributed by atoms with Crippen LogP contribution in [0.3, 0.4) is 0 Å². The molecule has 26 heavy (non-hydrogen) atoms. The molecule has 0 unspecified atom stereocenters. The molecule has 4 rings (SSSR count). The molecule has 3 aromatic heterocycles. The summed E-state index contributed by atoms with van der Waals surface area (Å²) in [5, 5.41) is 4.15. The highest BCUT2D eigenvalue weighted by molar-refractivity contribution is 5.78. The SMILES string of the molecule is CC(=O)C1CCN(c2cccc3ncc(C#Cc4cnn(C)c4)n23)CC1. The fourth-order valence-electron chi connectivity index (χ4n) is 3.49. The number of Topliss-reactive ketones (excluding diaryl/α,β-unsaturated/α-hetero) is 1. The van der Waals surface area contributed by atoms with Crippen LogP contribution >= 0.6 is 0 Å². The number of imidazole rings is 1. The fourth-order valence-corrected chi connectivity index (χ4v) is 3.49. The molecule has 132 valence electrons. The van der Waals surface area contributed by atoms with Gasteiger partial charge in [-0.15, -0.1) is 0 Å². The van der Waals surface area contributed by atoms with Gasteiger partial charge in [0.25, 0.3) is 0 Å². The Labute approximate surface area is 152 Å². The Morgan fingerprint density at radius 3 is 2.69 bits per heavy atom. The van der Waals surface area contributed by atoms with Crippen molar-refractivity contribution in [2.75, 3.05) is 18.0 Å². The van der Waals surface area contributed by atoms with Crippen molar-refractivity contribution in [3.05, 3.63) is 48.0 Å². The number of fused-ring (bicyclic) bond motifs is 1. The van der Waals surface area contributed by atoms with E-state index in [1.54, 1.807) is 17.8 Å². The lowest BCUT2D eigenvalue weighted by molar-refractivity contribution is -0.121. The van der Waals surface area contributed by atoms with Gasteiger partial charge in [0.1, 0.15) is 22.9 Å². The van der Waals surface area contributed by atoms with E-state index in [1.165, 1.54) is 0 Å². The zero-order valence-corrected chi connectivity index (χ0v) is 15.0. The Bertz CT molecular complexity index is 1010. The minimum atomic E-state index is 0.193. The molecule has 1 saturated heterocycles. The molecule has 0 aliphatic carbocycles. The van der Waals surface area contributed by atoms with Crippen molar-refractivity contribution in [2.24, 2.45) is 13.0 Å². The molecule has 0 aromatic carbocycles. The molecule has 1 fully saturated rings. The zero-order valence-electron chi connectivity index (χ0n) is 15.0. The summed E-state index contributed by atoms with van der Waals surface area (Å²) < 4.78 is 3.83. The molecule has 1 aliphatic rings. The van der Waals surface area contributed by atoms with Crippen molar-refractivity contribution in [3.8, 4) is 11.8 Å². The van der Waals surface area contributed by atoms with Crippen LogP contribution in [0, 0.1) is 17.8 Å². The first-order valence-electron chi connectivity index (χ1n) is 8.84. The van der Waals surface area contributed by atoms with Gasteiger partial charge in [-0.1, -0.05) is 12.0 Å². The van der Waals surface area contributed by atoms with E-state index >= 15 is 0 Å². The third kappa shape index (κ3) is 3.08. The van der Waals surface area contributed by atoms with E-state index in [4.69, 9.17) is 0 Å². The zero-order chi connectivity index (χ0) is 18.1. The van der Waals surface area contributed by atoms with Gasteiger partial charge in [-0.2, -0.15) is 5.10 Å². The van der Waals surface area contributed by atoms with Gasteiger partial charge in [0.05, 0.1) is 18.0 Å². The summed E-state index contributed by atoms with van der Waals surface area (Å²) in [4.78, 5) is 18.4. The van der Waals surface area contributed by atoms with Crippen LogP contribution in [0.5, 0.6) is 0 Å². The van der Waals surface area contributed by atoms with E-state index < -0.39 is 0 Å². The van der Waals surface area contributed by atoms with Gasteiger partial charge in [0.15, 0.2) is 0 Å². The molecule has 0 amide bonds. The van der Waals surface area contributed by atoms with Gasteiger partial charge in [-0.05, 0) is 37.8 Å². The molecule has 0 spiro atoms. The van der Waals surface area contributed by atoms with Crippen molar-refractivity contribution in [2.45, 2.75) is 19.8 Å². The summed E-state index contributed by atoms with van der Waals surface area (Å²) in [6.45, 7) is 3.44. The smallest absolute Gasteiger partial charge is 0.139 e. The van der Waals surface area contributed by atoms with Crippen LogP contribution in [0.4, 0.5) is 5.82 Å². The quantitative estimate of drug-likeness (QED) is 0.668. The Kier molecular flexibility index (Phi) is 4.21. The molecule has 0 atom stereocenters. The van der Waals surface area contributed by atoms with E-state index in [-0.39, 0.29) is 5.92 Å². The van der Waals surface area contributed by atoms with Crippen LogP contribution in [0.1, 0.15) is 31.0 Å². The van der Waals surface area contributed by atoms with E-state index in [2.05, 4.69) is 37.3 Å². The molecule has 1 aliphatic heterocycles. The maximum Gasteiger partial charge on any atom is 0.139 e. The van der Waals surface area contributed by atoms with Gasteiger partial charge >= 0.3 is 0 Å². The van der Waals surface area contributed by atoms with E-state index in [0.29, 0.717) is 5.78 Å². The number of nitrogens with zero attached hydrogens (tertiary/aromatic N) is 5. The number of aryl methyl sites for hydroxylation is 1. The molecule has 0 N–H and O–H groups in total. The average molecular weight is 347 g/mol. The highest BCUT2D eigenvalue weighted by Gasteiger charge is 2.24. The molecule has 3 aromatic rings. The molecule has 4 heterocycles. The highest BCUT2D eigenvalue weighted by atomic mass is 16.1. The number of aromatic nitrogens is 4. The monoisotopic (exact) mass is 347 g/mol. The van der Waals surface area contributed by atoms with E-state index in [9.17, 15) is 4.79 Å². The summed E-state index contributed by atoms with van der Waals surface area (Å²) in [5.41, 5.74) is 2.61. The Morgan fingerprint density at radius 2 is 2.00 bits per heavy atom. The Hall–Kier alpha value is -3.07. The standard InChI is InChI=1S/C20H21N5O/c1-15(26)17-8-10-24(11-9-17)20-5-3-4-19-21-13-18(25(19)20)7-6-16-12-22-23(2)14-16/h3-5,12-14,17H,8-11H2,1-2H3. The summed E-state index contributed by atoms with van der Waals surface area (Å²) in [5.74, 6) is 7.95. The highest BCUT2D eigenvalue weighted by Crippen LogP contribution is 2.25. The predicted molar refractivity (Wildman–Crippen MR) is 100.0 cm³/mol. The lowest BCUT2D eigenvalue weighted by atomic mass is 9.93. The molecule has 0 radical (unpaired) electrons. The van der Waals surface area contributed by atoms with Crippen LogP contribution in [-0.4, -0.2) is 38.0 Å². The normalized spacial score (nSPS) is 15.1. The van der Waals surface area contributed by atoms with Crippen LogP contribution in [-0.2, 0) is 11.8 Å². The lowest BCUT2D eigenvalue weighted by Crippen LogP contribution is -2.36. The maximum atomic E-state index is 11.6. The number of hydrogen-bond acceptors (Lipinski definition) is 4. The number of piperidine rings is 1. The number of hydrogen-bond donors (Lipinski definition) is 0. The van der Waals surface area contributed by atoms with Gasteiger partial charge in [-0.3, -0.25) is 13.9 Å². The second-order valence-corrected chi connectivity index (χ2v) is 6.75. The first-order valence-corrected chi connectivity index (χ1v) is 8.84. The Balaban J connectivity index is 1.67. The van der Waals surface area contributed by atoms with Crippen molar-refractivity contribution >= 4 is 17.2 Å². The van der Waals surface area contributed by atoms with Crippen molar-refractivity contribution in [3.63, 3.8) is 0 Å². The van der Waals surface area contributed by atoms with Gasteiger partial charge in [0.2, 0.25) is 0 Å². The topological polar surface area (TPSA) is 55.4 Å². The molecule has 0 bridgehead atoms. The van der Waals surface area contributed by atoms with Crippen molar-refractivity contribution in [1.82, 2.24) is 19.2 Å². The van der Waals surface area contributed by atoms with E-state index in [1.807, 2.05) is 31.6 Å². The van der Waals surface area contributed by atoms with Crippen LogP contribution in [0.2, 0.25) is 0 Å².